The fourth-order valence-electron chi connectivity index (χ4n) is 4.28. The number of benzene rings is 1. The molecule has 1 unspecified atom stereocenters. The molecule has 3 rings (SSSR count). The summed E-state index contributed by atoms with van der Waals surface area (Å²) in [5.41, 5.74) is 5.95. The van der Waals surface area contributed by atoms with Crippen molar-refractivity contribution in [3.63, 3.8) is 0 Å². The van der Waals surface area contributed by atoms with Gasteiger partial charge in [0.25, 0.3) is 0 Å². The lowest BCUT2D eigenvalue weighted by Gasteiger charge is -2.29. The van der Waals surface area contributed by atoms with E-state index in [9.17, 15) is 4.39 Å². The third-order valence-electron chi connectivity index (χ3n) is 6.15. The first kappa shape index (κ1) is 22.0. The summed E-state index contributed by atoms with van der Waals surface area (Å²) in [6, 6.07) is 8.48. The van der Waals surface area contributed by atoms with Gasteiger partial charge in [-0.2, -0.15) is 0 Å². The molecule has 0 spiro atoms. The van der Waals surface area contributed by atoms with E-state index in [4.69, 9.17) is 5.41 Å². The van der Waals surface area contributed by atoms with Crippen LogP contribution in [0.25, 0.3) is 0 Å². The highest BCUT2D eigenvalue weighted by molar-refractivity contribution is 5.79. The molecule has 1 atom stereocenters. The lowest BCUT2D eigenvalue weighted by Crippen LogP contribution is -2.25. The Kier molecular flexibility index (Phi) is 6.91. The first-order valence-corrected chi connectivity index (χ1v) is 10.8. The monoisotopic (exact) mass is 404 g/mol. The molecule has 0 radical (unpaired) electrons. The Bertz CT molecular complexity index is 943. The van der Waals surface area contributed by atoms with Crippen LogP contribution in [0.3, 0.4) is 0 Å². The minimum atomic E-state index is -0.231. The van der Waals surface area contributed by atoms with Crippen LogP contribution in [-0.2, 0) is 6.42 Å². The molecule has 2 N–H and O–H groups in total. The first-order valence-electron chi connectivity index (χ1n) is 10.8. The predicted octanol–water partition coefficient (Wildman–Crippen LogP) is 7.11. The molecular formula is C27H33FN2. The van der Waals surface area contributed by atoms with Gasteiger partial charge in [-0.15, -0.1) is 6.58 Å². The van der Waals surface area contributed by atoms with Gasteiger partial charge in [-0.3, -0.25) is 0 Å². The Morgan fingerprint density at radius 1 is 1.33 bits per heavy atom. The van der Waals surface area contributed by atoms with E-state index in [1.54, 1.807) is 6.08 Å². The zero-order valence-corrected chi connectivity index (χ0v) is 18.4. The zero-order chi connectivity index (χ0) is 21.7. The van der Waals surface area contributed by atoms with Gasteiger partial charge in [-0.05, 0) is 67.2 Å². The van der Waals surface area contributed by atoms with Crippen molar-refractivity contribution >= 4 is 6.21 Å². The SMILES string of the molecule is C=CC1C=C(N/C(C2=CCCC2(C)C)=C(\C=N)CCc2cccc(C)c2)C(F)=CC1. The second-order valence-corrected chi connectivity index (χ2v) is 8.97. The molecule has 0 fully saturated rings. The maximum absolute atomic E-state index is 14.7. The summed E-state index contributed by atoms with van der Waals surface area (Å²) in [7, 11) is 0. The van der Waals surface area contributed by atoms with Crippen molar-refractivity contribution in [2.75, 3.05) is 0 Å². The summed E-state index contributed by atoms with van der Waals surface area (Å²) >= 11 is 0. The van der Waals surface area contributed by atoms with Crippen LogP contribution < -0.4 is 5.32 Å². The topological polar surface area (TPSA) is 35.9 Å². The minimum absolute atomic E-state index is 0.00676. The fourth-order valence-corrected chi connectivity index (χ4v) is 4.28. The number of hydrogen-bond donors (Lipinski definition) is 2. The second kappa shape index (κ2) is 9.42. The van der Waals surface area contributed by atoms with E-state index in [1.165, 1.54) is 22.9 Å². The Labute approximate surface area is 180 Å². The Morgan fingerprint density at radius 3 is 2.77 bits per heavy atom. The maximum Gasteiger partial charge on any atom is 0.142 e. The lowest BCUT2D eigenvalue weighted by atomic mass is 9.82. The average molecular weight is 405 g/mol. The molecule has 0 heterocycles. The zero-order valence-electron chi connectivity index (χ0n) is 18.4. The van der Waals surface area contributed by atoms with Crippen molar-refractivity contribution in [3.8, 4) is 0 Å². The number of nitrogens with one attached hydrogen (secondary N) is 2. The van der Waals surface area contributed by atoms with Crippen LogP contribution in [0, 0.1) is 23.7 Å². The van der Waals surface area contributed by atoms with Crippen LogP contribution in [0.2, 0.25) is 0 Å². The minimum Gasteiger partial charge on any atom is -0.353 e. The van der Waals surface area contributed by atoms with Gasteiger partial charge in [0, 0.05) is 17.8 Å². The normalized spacial score (nSPS) is 21.2. The van der Waals surface area contributed by atoms with Gasteiger partial charge in [0.2, 0.25) is 0 Å². The van der Waals surface area contributed by atoms with Gasteiger partial charge in [0.05, 0.1) is 5.70 Å². The Morgan fingerprint density at radius 2 is 2.13 bits per heavy atom. The van der Waals surface area contributed by atoms with E-state index in [-0.39, 0.29) is 17.2 Å². The molecule has 0 aromatic heterocycles. The fraction of sp³-hybridized carbons (Fsp3) is 0.370. The van der Waals surface area contributed by atoms with E-state index in [2.05, 4.69) is 63.0 Å². The first-order chi connectivity index (χ1) is 14.3. The number of aryl methyl sites for hydroxylation is 2. The van der Waals surface area contributed by atoms with Gasteiger partial charge < -0.3 is 10.7 Å². The Balaban J connectivity index is 1.96. The number of halogens is 1. The second-order valence-electron chi connectivity index (χ2n) is 8.97. The molecule has 0 saturated heterocycles. The van der Waals surface area contributed by atoms with Crippen LogP contribution in [0.1, 0.15) is 50.7 Å². The number of allylic oxidation sites excluding steroid dienone is 7. The third kappa shape index (κ3) is 5.08. The lowest BCUT2D eigenvalue weighted by molar-refractivity contribution is 0.442. The summed E-state index contributed by atoms with van der Waals surface area (Å²) < 4.78 is 14.7. The largest absolute Gasteiger partial charge is 0.353 e. The quantitative estimate of drug-likeness (QED) is 0.351. The van der Waals surface area contributed by atoms with E-state index < -0.39 is 0 Å². The number of hydrogen-bond acceptors (Lipinski definition) is 2. The molecule has 0 aliphatic heterocycles. The maximum atomic E-state index is 14.7. The van der Waals surface area contributed by atoms with E-state index >= 15 is 0 Å². The number of rotatable bonds is 8. The highest BCUT2D eigenvalue weighted by Crippen LogP contribution is 2.43. The van der Waals surface area contributed by atoms with Gasteiger partial charge in [0.15, 0.2) is 0 Å². The summed E-state index contributed by atoms with van der Waals surface area (Å²) in [6.45, 7) is 10.4. The van der Waals surface area contributed by atoms with Crippen molar-refractivity contribution in [1.29, 1.82) is 5.41 Å². The molecule has 1 aromatic carbocycles. The molecule has 2 aliphatic carbocycles. The molecule has 3 heteroatoms. The van der Waals surface area contributed by atoms with Gasteiger partial charge in [0.1, 0.15) is 5.83 Å². The van der Waals surface area contributed by atoms with Crippen molar-refractivity contribution in [2.24, 2.45) is 11.3 Å². The molecule has 2 nitrogen and oxygen atoms in total. The Hall–Kier alpha value is -2.68. The molecule has 0 saturated carbocycles. The van der Waals surface area contributed by atoms with Gasteiger partial charge in [-0.25, -0.2) is 4.39 Å². The summed E-state index contributed by atoms with van der Waals surface area (Å²) in [4.78, 5) is 0. The van der Waals surface area contributed by atoms with Crippen LogP contribution in [0.5, 0.6) is 0 Å². The standard InChI is InChI=1S/C27H33FN2/c1-5-20-12-14-24(28)25(17-20)30-26(23-10-7-15-27(23,3)4)22(18-29)13-11-21-9-6-8-19(2)16-21/h5-6,8-10,14,16-18,20,29-30H,1,7,11-13,15H2,2-4H3/b26-22-,29-18?. The van der Waals surface area contributed by atoms with E-state index in [0.29, 0.717) is 12.1 Å². The predicted molar refractivity (Wildman–Crippen MR) is 125 cm³/mol. The van der Waals surface area contributed by atoms with Crippen molar-refractivity contribution in [1.82, 2.24) is 5.32 Å². The highest BCUT2D eigenvalue weighted by atomic mass is 19.1. The smallest absolute Gasteiger partial charge is 0.142 e. The molecular weight excluding hydrogens is 371 g/mol. The van der Waals surface area contributed by atoms with Crippen LogP contribution in [0.4, 0.5) is 4.39 Å². The van der Waals surface area contributed by atoms with Crippen molar-refractivity contribution < 1.29 is 4.39 Å². The summed E-state index contributed by atoms with van der Waals surface area (Å²) in [5, 5.41) is 11.5. The van der Waals surface area contributed by atoms with Gasteiger partial charge in [-0.1, -0.05) is 61.9 Å². The van der Waals surface area contributed by atoms with Gasteiger partial charge >= 0.3 is 0 Å². The van der Waals surface area contributed by atoms with E-state index in [1.807, 2.05) is 12.2 Å². The molecule has 2 aliphatic rings. The molecule has 158 valence electrons. The van der Waals surface area contributed by atoms with Crippen LogP contribution in [-0.4, -0.2) is 6.21 Å². The molecule has 1 aromatic rings. The summed E-state index contributed by atoms with van der Waals surface area (Å²) in [6.07, 6.45) is 13.3. The van der Waals surface area contributed by atoms with Crippen LogP contribution >= 0.6 is 0 Å². The summed E-state index contributed by atoms with van der Waals surface area (Å²) in [5.74, 6) is -0.112. The molecule has 30 heavy (non-hydrogen) atoms. The average Bonchev–Trinajstić information content (AvgIpc) is 3.07. The highest BCUT2D eigenvalue weighted by Gasteiger charge is 2.31. The van der Waals surface area contributed by atoms with Crippen molar-refractivity contribution in [2.45, 2.75) is 52.9 Å². The molecule has 0 bridgehead atoms. The third-order valence-corrected chi connectivity index (χ3v) is 6.15. The van der Waals surface area contributed by atoms with Crippen molar-refractivity contribution in [3.05, 3.63) is 94.6 Å². The van der Waals surface area contributed by atoms with Crippen LogP contribution in [0.15, 0.2) is 83.5 Å². The van der Waals surface area contributed by atoms with E-state index in [0.717, 1.165) is 37.0 Å². The molecule has 0 amide bonds.